The van der Waals surface area contributed by atoms with E-state index in [9.17, 15) is 0 Å². The van der Waals surface area contributed by atoms with E-state index in [0.29, 0.717) is 5.56 Å². The van der Waals surface area contributed by atoms with E-state index in [-0.39, 0.29) is 6.10 Å². The summed E-state index contributed by atoms with van der Waals surface area (Å²) in [5.41, 5.74) is 3.32. The average Bonchev–Trinajstić information content (AvgIpc) is 2.91. The maximum absolute atomic E-state index is 8.93. The number of nitrogens with zero attached hydrogens (tertiary/aromatic N) is 2. The standard InChI is InChI=1S/C16H13N3O/c1-20-15(12-5-3-2-4-6-12)16-18-13-8-7-11(10-17)9-14(13)19-16/h2-9,15H,1H3,(H,18,19). The Morgan fingerprint density at radius 1 is 1.20 bits per heavy atom. The fourth-order valence-corrected chi connectivity index (χ4v) is 2.26. The van der Waals surface area contributed by atoms with Gasteiger partial charge in [-0.15, -0.1) is 0 Å². The topological polar surface area (TPSA) is 61.7 Å². The first-order valence-electron chi connectivity index (χ1n) is 6.29. The molecule has 1 heterocycles. The second kappa shape index (κ2) is 5.16. The number of rotatable bonds is 3. The third-order valence-electron chi connectivity index (χ3n) is 3.22. The molecule has 3 aromatic rings. The molecule has 0 amide bonds. The molecule has 0 aliphatic heterocycles. The molecule has 0 aliphatic rings. The quantitative estimate of drug-likeness (QED) is 0.789. The van der Waals surface area contributed by atoms with E-state index in [2.05, 4.69) is 16.0 Å². The molecule has 0 saturated heterocycles. The lowest BCUT2D eigenvalue weighted by Gasteiger charge is -2.12. The minimum absolute atomic E-state index is 0.242. The first kappa shape index (κ1) is 12.4. The van der Waals surface area contributed by atoms with Gasteiger partial charge in [0.15, 0.2) is 0 Å². The number of nitrogens with one attached hydrogen (secondary N) is 1. The minimum Gasteiger partial charge on any atom is -0.369 e. The SMILES string of the molecule is COC(c1ccccc1)c1nc2ccc(C#N)cc2[nH]1. The van der Waals surface area contributed by atoms with Crippen molar-refractivity contribution in [3.05, 3.63) is 65.5 Å². The fourth-order valence-electron chi connectivity index (χ4n) is 2.26. The number of nitriles is 1. The van der Waals surface area contributed by atoms with Crippen molar-refractivity contribution in [1.82, 2.24) is 9.97 Å². The molecule has 1 atom stereocenters. The largest absolute Gasteiger partial charge is 0.369 e. The van der Waals surface area contributed by atoms with Crippen LogP contribution in [0.4, 0.5) is 0 Å². The predicted molar refractivity (Wildman–Crippen MR) is 76.1 cm³/mol. The highest BCUT2D eigenvalue weighted by Crippen LogP contribution is 2.25. The molecule has 4 heteroatoms. The predicted octanol–water partition coefficient (Wildman–Crippen LogP) is 3.17. The Kier molecular flexibility index (Phi) is 3.20. The number of imidazole rings is 1. The number of methoxy groups -OCH3 is 1. The van der Waals surface area contributed by atoms with Gasteiger partial charge in [-0.1, -0.05) is 30.3 Å². The van der Waals surface area contributed by atoms with Crippen molar-refractivity contribution in [3.63, 3.8) is 0 Å². The molecule has 3 rings (SSSR count). The maximum atomic E-state index is 8.93. The summed E-state index contributed by atoms with van der Waals surface area (Å²) < 4.78 is 5.55. The molecule has 1 N–H and O–H groups in total. The highest BCUT2D eigenvalue weighted by molar-refractivity contribution is 5.76. The first-order chi connectivity index (χ1) is 9.81. The maximum Gasteiger partial charge on any atom is 0.141 e. The summed E-state index contributed by atoms with van der Waals surface area (Å²) in [6.07, 6.45) is -0.242. The van der Waals surface area contributed by atoms with Gasteiger partial charge >= 0.3 is 0 Å². The normalized spacial score (nSPS) is 12.2. The van der Waals surface area contributed by atoms with Gasteiger partial charge in [-0.3, -0.25) is 0 Å². The van der Waals surface area contributed by atoms with Crippen LogP contribution in [-0.4, -0.2) is 17.1 Å². The number of hydrogen-bond acceptors (Lipinski definition) is 3. The van der Waals surface area contributed by atoms with Gasteiger partial charge in [0, 0.05) is 7.11 Å². The monoisotopic (exact) mass is 263 g/mol. The molecule has 0 bridgehead atoms. The van der Waals surface area contributed by atoms with Crippen LogP contribution in [0.25, 0.3) is 11.0 Å². The third kappa shape index (κ3) is 2.15. The van der Waals surface area contributed by atoms with Crippen LogP contribution in [0.2, 0.25) is 0 Å². The Bertz CT molecular complexity index is 771. The number of hydrogen-bond donors (Lipinski definition) is 1. The summed E-state index contributed by atoms with van der Waals surface area (Å²) in [6.45, 7) is 0. The number of benzene rings is 2. The Balaban J connectivity index is 2.07. The molecular formula is C16H13N3O. The zero-order valence-electron chi connectivity index (χ0n) is 11.0. The van der Waals surface area contributed by atoms with Crippen molar-refractivity contribution in [2.24, 2.45) is 0 Å². The van der Waals surface area contributed by atoms with Crippen LogP contribution >= 0.6 is 0 Å². The van der Waals surface area contributed by atoms with Crippen molar-refractivity contribution in [3.8, 4) is 6.07 Å². The van der Waals surface area contributed by atoms with Gasteiger partial charge in [-0.25, -0.2) is 4.98 Å². The number of aromatic amines is 1. The Morgan fingerprint density at radius 3 is 2.70 bits per heavy atom. The molecule has 0 saturated carbocycles. The van der Waals surface area contributed by atoms with Crippen LogP contribution in [0.15, 0.2) is 48.5 Å². The molecule has 20 heavy (non-hydrogen) atoms. The van der Waals surface area contributed by atoms with Gasteiger partial charge in [0.05, 0.1) is 22.7 Å². The molecule has 98 valence electrons. The van der Waals surface area contributed by atoms with Crippen LogP contribution in [0, 0.1) is 11.3 Å². The van der Waals surface area contributed by atoms with E-state index < -0.39 is 0 Å². The van der Waals surface area contributed by atoms with Crippen LogP contribution < -0.4 is 0 Å². The van der Waals surface area contributed by atoms with E-state index in [1.54, 1.807) is 19.2 Å². The van der Waals surface area contributed by atoms with Crippen LogP contribution in [0.1, 0.15) is 23.1 Å². The zero-order valence-corrected chi connectivity index (χ0v) is 11.0. The van der Waals surface area contributed by atoms with Gasteiger partial charge in [0.25, 0.3) is 0 Å². The Morgan fingerprint density at radius 2 is 2.00 bits per heavy atom. The van der Waals surface area contributed by atoms with Crippen molar-refractivity contribution in [2.75, 3.05) is 7.11 Å². The number of H-pyrrole nitrogens is 1. The molecule has 2 aromatic carbocycles. The van der Waals surface area contributed by atoms with Crippen molar-refractivity contribution in [2.45, 2.75) is 6.10 Å². The van der Waals surface area contributed by atoms with E-state index in [0.717, 1.165) is 22.4 Å². The molecule has 4 nitrogen and oxygen atoms in total. The Hall–Kier alpha value is -2.64. The number of ether oxygens (including phenoxy) is 1. The molecular weight excluding hydrogens is 250 g/mol. The van der Waals surface area contributed by atoms with Crippen molar-refractivity contribution in [1.29, 1.82) is 5.26 Å². The smallest absolute Gasteiger partial charge is 0.141 e. The van der Waals surface area contributed by atoms with Crippen molar-refractivity contribution >= 4 is 11.0 Å². The summed E-state index contributed by atoms with van der Waals surface area (Å²) in [7, 11) is 1.66. The van der Waals surface area contributed by atoms with Gasteiger partial charge in [-0.2, -0.15) is 5.26 Å². The van der Waals surface area contributed by atoms with E-state index >= 15 is 0 Å². The molecule has 0 aliphatic carbocycles. The Labute approximate surface area is 116 Å². The van der Waals surface area contributed by atoms with Crippen LogP contribution in [-0.2, 0) is 4.74 Å². The van der Waals surface area contributed by atoms with Crippen LogP contribution in [0.5, 0.6) is 0 Å². The van der Waals surface area contributed by atoms with Gasteiger partial charge in [0.1, 0.15) is 11.9 Å². The first-order valence-corrected chi connectivity index (χ1v) is 6.29. The summed E-state index contributed by atoms with van der Waals surface area (Å²) in [6, 6.07) is 17.4. The zero-order chi connectivity index (χ0) is 13.9. The summed E-state index contributed by atoms with van der Waals surface area (Å²) in [5, 5.41) is 8.93. The third-order valence-corrected chi connectivity index (χ3v) is 3.22. The molecule has 1 aromatic heterocycles. The lowest BCUT2D eigenvalue weighted by Crippen LogP contribution is -2.05. The average molecular weight is 263 g/mol. The van der Waals surface area contributed by atoms with Crippen molar-refractivity contribution < 1.29 is 4.74 Å². The van der Waals surface area contributed by atoms with E-state index in [1.165, 1.54) is 0 Å². The molecule has 1 unspecified atom stereocenters. The second-order valence-corrected chi connectivity index (χ2v) is 4.49. The van der Waals surface area contributed by atoms with Gasteiger partial charge in [0.2, 0.25) is 0 Å². The summed E-state index contributed by atoms with van der Waals surface area (Å²) >= 11 is 0. The molecule has 0 spiro atoms. The van der Waals surface area contributed by atoms with Crippen LogP contribution in [0.3, 0.4) is 0 Å². The lowest BCUT2D eigenvalue weighted by atomic mass is 10.1. The van der Waals surface area contributed by atoms with E-state index in [4.69, 9.17) is 10.00 Å². The summed E-state index contributed by atoms with van der Waals surface area (Å²) in [4.78, 5) is 7.78. The minimum atomic E-state index is -0.242. The lowest BCUT2D eigenvalue weighted by molar-refractivity contribution is 0.130. The molecule has 0 fully saturated rings. The highest BCUT2D eigenvalue weighted by Gasteiger charge is 2.17. The van der Waals surface area contributed by atoms with E-state index in [1.807, 2.05) is 36.4 Å². The molecule has 0 radical (unpaired) electrons. The fraction of sp³-hybridized carbons (Fsp3) is 0.125. The second-order valence-electron chi connectivity index (χ2n) is 4.49. The van der Waals surface area contributed by atoms with Gasteiger partial charge < -0.3 is 9.72 Å². The number of fused-ring (bicyclic) bond motifs is 1. The highest BCUT2D eigenvalue weighted by atomic mass is 16.5. The number of aromatic nitrogens is 2. The van der Waals surface area contributed by atoms with Gasteiger partial charge in [-0.05, 0) is 23.8 Å². The summed E-state index contributed by atoms with van der Waals surface area (Å²) in [5.74, 6) is 0.740.